The molecule has 0 aliphatic carbocycles. The number of nitrogens with zero attached hydrogens (tertiary/aromatic N) is 4. The lowest BCUT2D eigenvalue weighted by Crippen LogP contribution is -2.24. The zero-order valence-corrected chi connectivity index (χ0v) is 11.2. The van der Waals surface area contributed by atoms with Crippen molar-refractivity contribution >= 4 is 16.7 Å². The van der Waals surface area contributed by atoms with E-state index < -0.39 is 5.69 Å². The highest BCUT2D eigenvalue weighted by molar-refractivity contribution is 5.90. The van der Waals surface area contributed by atoms with E-state index in [9.17, 15) is 4.79 Å². The Balaban J connectivity index is 2.46. The monoisotopic (exact) mass is 267 g/mol. The van der Waals surface area contributed by atoms with Gasteiger partial charge in [-0.25, -0.2) is 19.3 Å². The van der Waals surface area contributed by atoms with Crippen molar-refractivity contribution in [3.05, 3.63) is 52.7 Å². The van der Waals surface area contributed by atoms with E-state index in [2.05, 4.69) is 20.3 Å². The van der Waals surface area contributed by atoms with Crippen LogP contribution in [0.15, 0.2) is 41.5 Å². The first-order chi connectivity index (χ1) is 9.70. The molecule has 0 aliphatic rings. The Hall–Kier alpha value is -2.76. The second-order valence-corrected chi connectivity index (χ2v) is 4.40. The van der Waals surface area contributed by atoms with Crippen LogP contribution in [0.1, 0.15) is 5.56 Å². The summed E-state index contributed by atoms with van der Waals surface area (Å²) < 4.78 is 1.42. The SMILES string of the molecule is CNc1nc(=O)n(-c2ncccn2)c2cc(C)ccc12. The fourth-order valence-corrected chi connectivity index (χ4v) is 2.13. The molecule has 0 bridgehead atoms. The molecular weight excluding hydrogens is 254 g/mol. The van der Waals surface area contributed by atoms with E-state index in [1.165, 1.54) is 4.57 Å². The maximum atomic E-state index is 12.3. The summed E-state index contributed by atoms with van der Waals surface area (Å²) >= 11 is 0. The molecule has 0 atom stereocenters. The van der Waals surface area contributed by atoms with Crippen molar-refractivity contribution in [1.82, 2.24) is 19.5 Å². The Morgan fingerprint density at radius 1 is 1.20 bits per heavy atom. The van der Waals surface area contributed by atoms with Crippen molar-refractivity contribution in [2.45, 2.75) is 6.92 Å². The molecular formula is C14H13N5O. The van der Waals surface area contributed by atoms with Gasteiger partial charge >= 0.3 is 5.69 Å². The van der Waals surface area contributed by atoms with Crippen LogP contribution < -0.4 is 11.0 Å². The van der Waals surface area contributed by atoms with Gasteiger partial charge in [0.2, 0.25) is 5.95 Å². The van der Waals surface area contributed by atoms with E-state index >= 15 is 0 Å². The zero-order chi connectivity index (χ0) is 14.1. The van der Waals surface area contributed by atoms with E-state index in [1.807, 2.05) is 25.1 Å². The maximum absolute atomic E-state index is 12.3. The standard InChI is InChI=1S/C14H13N5O/c1-9-4-5-10-11(8-9)19(13-16-6-3-7-17-13)14(20)18-12(10)15-2/h3-8H,1-2H3,(H,15,18,20). The highest BCUT2D eigenvalue weighted by Gasteiger charge is 2.12. The fourth-order valence-electron chi connectivity index (χ4n) is 2.13. The predicted molar refractivity (Wildman–Crippen MR) is 77.2 cm³/mol. The van der Waals surface area contributed by atoms with Crippen molar-refractivity contribution in [2.24, 2.45) is 0 Å². The van der Waals surface area contributed by atoms with Crippen molar-refractivity contribution < 1.29 is 0 Å². The van der Waals surface area contributed by atoms with Crippen molar-refractivity contribution in [2.75, 3.05) is 12.4 Å². The molecule has 100 valence electrons. The number of hydrogen-bond acceptors (Lipinski definition) is 5. The molecule has 1 aromatic carbocycles. The average Bonchev–Trinajstić information content (AvgIpc) is 2.47. The number of nitrogens with one attached hydrogen (secondary N) is 1. The molecule has 2 heterocycles. The minimum Gasteiger partial charge on any atom is -0.372 e. The topological polar surface area (TPSA) is 72.7 Å². The summed E-state index contributed by atoms with van der Waals surface area (Å²) in [4.78, 5) is 24.6. The van der Waals surface area contributed by atoms with Gasteiger partial charge in [0.1, 0.15) is 5.82 Å². The second kappa shape index (κ2) is 4.73. The molecule has 6 nitrogen and oxygen atoms in total. The number of benzene rings is 1. The van der Waals surface area contributed by atoms with Crippen LogP contribution >= 0.6 is 0 Å². The van der Waals surface area contributed by atoms with Crippen LogP contribution in [0.2, 0.25) is 0 Å². The number of hydrogen-bond donors (Lipinski definition) is 1. The molecule has 1 N–H and O–H groups in total. The van der Waals surface area contributed by atoms with Crippen LogP contribution in [-0.2, 0) is 0 Å². The molecule has 20 heavy (non-hydrogen) atoms. The predicted octanol–water partition coefficient (Wildman–Crippen LogP) is 1.53. The Morgan fingerprint density at radius 2 is 1.95 bits per heavy atom. The first-order valence-corrected chi connectivity index (χ1v) is 6.19. The van der Waals surface area contributed by atoms with E-state index in [0.29, 0.717) is 11.8 Å². The van der Waals surface area contributed by atoms with Crippen LogP contribution in [0.4, 0.5) is 5.82 Å². The summed E-state index contributed by atoms with van der Waals surface area (Å²) in [6.45, 7) is 1.97. The summed E-state index contributed by atoms with van der Waals surface area (Å²) in [6.07, 6.45) is 3.20. The van der Waals surface area contributed by atoms with Crippen molar-refractivity contribution in [1.29, 1.82) is 0 Å². The first kappa shape index (κ1) is 12.3. The third-order valence-corrected chi connectivity index (χ3v) is 3.04. The summed E-state index contributed by atoms with van der Waals surface area (Å²) in [6, 6.07) is 7.54. The van der Waals surface area contributed by atoms with Crippen LogP contribution in [-0.4, -0.2) is 26.6 Å². The van der Waals surface area contributed by atoms with Gasteiger partial charge in [0.25, 0.3) is 0 Å². The second-order valence-electron chi connectivity index (χ2n) is 4.40. The van der Waals surface area contributed by atoms with E-state index in [-0.39, 0.29) is 0 Å². The minimum absolute atomic E-state index is 0.322. The lowest BCUT2D eigenvalue weighted by Gasteiger charge is -2.11. The Labute approximate surface area is 115 Å². The first-order valence-electron chi connectivity index (χ1n) is 6.19. The number of fused-ring (bicyclic) bond motifs is 1. The number of anilines is 1. The zero-order valence-electron chi connectivity index (χ0n) is 11.2. The Bertz CT molecular complexity index is 826. The molecule has 3 rings (SSSR count). The number of rotatable bonds is 2. The third-order valence-electron chi connectivity index (χ3n) is 3.04. The van der Waals surface area contributed by atoms with Gasteiger partial charge in [0, 0.05) is 24.8 Å². The molecule has 0 saturated heterocycles. The Kier molecular flexibility index (Phi) is 2.90. The minimum atomic E-state index is -0.404. The summed E-state index contributed by atoms with van der Waals surface area (Å²) in [5, 5.41) is 3.80. The molecule has 0 radical (unpaired) electrons. The molecule has 0 fully saturated rings. The average molecular weight is 267 g/mol. The summed E-state index contributed by atoms with van der Waals surface area (Å²) in [5.74, 6) is 0.875. The molecule has 2 aromatic heterocycles. The molecule has 3 aromatic rings. The summed E-state index contributed by atoms with van der Waals surface area (Å²) in [7, 11) is 1.74. The van der Waals surface area contributed by atoms with Gasteiger partial charge < -0.3 is 5.32 Å². The molecule has 0 saturated carbocycles. The van der Waals surface area contributed by atoms with Gasteiger partial charge in [-0.2, -0.15) is 4.98 Å². The van der Waals surface area contributed by atoms with Crippen molar-refractivity contribution in [3.63, 3.8) is 0 Å². The molecule has 0 amide bonds. The largest absolute Gasteiger partial charge is 0.372 e. The normalized spacial score (nSPS) is 10.7. The van der Waals surface area contributed by atoms with Crippen molar-refractivity contribution in [3.8, 4) is 5.95 Å². The number of aromatic nitrogens is 4. The molecule has 6 heteroatoms. The quantitative estimate of drug-likeness (QED) is 0.762. The third kappa shape index (κ3) is 1.91. The van der Waals surface area contributed by atoms with Crippen LogP contribution in [0.3, 0.4) is 0 Å². The van der Waals surface area contributed by atoms with E-state index in [1.54, 1.807) is 25.5 Å². The molecule has 0 spiro atoms. The smallest absolute Gasteiger partial charge is 0.357 e. The highest BCUT2D eigenvalue weighted by Crippen LogP contribution is 2.21. The summed E-state index contributed by atoms with van der Waals surface area (Å²) in [5.41, 5.74) is 1.38. The van der Waals surface area contributed by atoms with Crippen LogP contribution in [0.5, 0.6) is 0 Å². The maximum Gasteiger partial charge on any atom is 0.357 e. The highest BCUT2D eigenvalue weighted by atomic mass is 16.1. The molecule has 0 aliphatic heterocycles. The fraction of sp³-hybridized carbons (Fsp3) is 0.143. The Morgan fingerprint density at radius 3 is 2.65 bits per heavy atom. The van der Waals surface area contributed by atoms with Gasteiger partial charge in [0.05, 0.1) is 5.52 Å². The van der Waals surface area contributed by atoms with Gasteiger partial charge in [0.15, 0.2) is 0 Å². The lowest BCUT2D eigenvalue weighted by atomic mass is 10.1. The van der Waals surface area contributed by atoms with Gasteiger partial charge in [-0.05, 0) is 30.7 Å². The van der Waals surface area contributed by atoms with Crippen LogP contribution in [0.25, 0.3) is 16.9 Å². The van der Waals surface area contributed by atoms with Gasteiger partial charge in [-0.1, -0.05) is 6.07 Å². The van der Waals surface area contributed by atoms with Gasteiger partial charge in [-0.3, -0.25) is 0 Å². The van der Waals surface area contributed by atoms with E-state index in [4.69, 9.17) is 0 Å². The van der Waals surface area contributed by atoms with Crippen LogP contribution in [0, 0.1) is 6.92 Å². The molecule has 0 unspecified atom stereocenters. The van der Waals surface area contributed by atoms with Gasteiger partial charge in [-0.15, -0.1) is 0 Å². The number of aryl methyl sites for hydroxylation is 1. The van der Waals surface area contributed by atoms with E-state index in [0.717, 1.165) is 16.5 Å². The lowest BCUT2D eigenvalue weighted by molar-refractivity contribution is 0.878.